The number of aromatic nitrogens is 1. The Morgan fingerprint density at radius 1 is 0.597 bits per heavy atom. The van der Waals surface area contributed by atoms with Crippen molar-refractivity contribution in [3.63, 3.8) is 0 Å². The van der Waals surface area contributed by atoms with Crippen LogP contribution in [0, 0.1) is 12.3 Å². The van der Waals surface area contributed by atoms with E-state index in [1.54, 1.807) is 0 Å². The summed E-state index contributed by atoms with van der Waals surface area (Å²) in [5.41, 5.74) is 18.2. The first-order chi connectivity index (χ1) is 30.2. The van der Waals surface area contributed by atoms with Crippen molar-refractivity contribution in [3.8, 4) is 33.4 Å². The minimum absolute atomic E-state index is 0.152. The van der Waals surface area contributed by atoms with Crippen LogP contribution in [0.5, 0.6) is 0 Å². The van der Waals surface area contributed by atoms with E-state index in [0.29, 0.717) is 0 Å². The van der Waals surface area contributed by atoms with Gasteiger partial charge in [0.15, 0.2) is 0 Å². The molecule has 0 spiro atoms. The van der Waals surface area contributed by atoms with E-state index in [1.807, 2.05) is 0 Å². The van der Waals surface area contributed by atoms with Crippen molar-refractivity contribution in [1.82, 2.24) is 4.57 Å². The van der Waals surface area contributed by atoms with E-state index < -0.39 is 0 Å². The van der Waals surface area contributed by atoms with Gasteiger partial charge in [-0.3, -0.25) is 0 Å². The first-order valence-corrected chi connectivity index (χ1v) is 22.1. The number of nitrogens with zero attached hydrogens (tertiary/aromatic N) is 2. The van der Waals surface area contributed by atoms with E-state index in [-0.39, 0.29) is 5.41 Å². The molecule has 0 aliphatic rings. The number of allylic oxidation sites excluding steroid dienone is 8. The monoisotopic (exact) mass is 806 g/mol. The van der Waals surface area contributed by atoms with Gasteiger partial charge in [-0.15, -0.1) is 0 Å². The molecular weight excluding hydrogens is 749 g/mol. The Kier molecular flexibility index (Phi) is 12.4. The quantitative estimate of drug-likeness (QED) is 0.105. The Bertz CT molecular complexity index is 2950. The van der Waals surface area contributed by atoms with Crippen LogP contribution in [0.25, 0.3) is 55.2 Å². The van der Waals surface area contributed by atoms with E-state index in [2.05, 4.69) is 258 Å². The van der Waals surface area contributed by atoms with Gasteiger partial charge in [-0.2, -0.15) is 0 Å². The third-order valence-corrected chi connectivity index (χ3v) is 12.5. The zero-order valence-corrected chi connectivity index (χ0v) is 37.4. The number of benzene rings is 7. The highest BCUT2D eigenvalue weighted by Crippen LogP contribution is 2.43. The van der Waals surface area contributed by atoms with Gasteiger partial charge in [0.2, 0.25) is 0 Å². The summed E-state index contributed by atoms with van der Waals surface area (Å²) in [6, 6.07) is 61.9. The fourth-order valence-electron chi connectivity index (χ4n) is 9.21. The molecule has 1 aromatic heterocycles. The van der Waals surface area contributed by atoms with E-state index in [0.717, 1.165) is 30.0 Å². The number of hydrogen-bond acceptors (Lipinski definition) is 1. The maximum atomic E-state index is 2.51. The fourth-order valence-corrected chi connectivity index (χ4v) is 9.21. The molecule has 0 aliphatic heterocycles. The summed E-state index contributed by atoms with van der Waals surface area (Å²) in [7, 11) is 0. The van der Waals surface area contributed by atoms with Gasteiger partial charge in [0.05, 0.1) is 5.52 Å². The fraction of sp³-hybridized carbons (Fsp3) is 0.167. The SMILES string of the molecule is C/C=C\C(=C/CC)C(C)(C)C(=C/Cn1c2ccccc2c2c(-c3cccc(N(c4ccc(-c5ccc(-c6ccccc6)cc5)cc4)c4ccccc4C)c3)cccc21)/C(C)=C\C. The Balaban J connectivity index is 1.20. The summed E-state index contributed by atoms with van der Waals surface area (Å²) in [5, 5.41) is 2.55. The van der Waals surface area contributed by atoms with Crippen molar-refractivity contribution in [2.24, 2.45) is 5.41 Å². The normalized spacial score (nSPS) is 12.8. The molecule has 0 N–H and O–H groups in total. The van der Waals surface area contributed by atoms with E-state index >= 15 is 0 Å². The summed E-state index contributed by atoms with van der Waals surface area (Å²) in [6.45, 7) is 16.4. The molecule has 0 aliphatic carbocycles. The molecule has 0 saturated carbocycles. The summed E-state index contributed by atoms with van der Waals surface area (Å²) in [6.07, 6.45) is 12.5. The topological polar surface area (TPSA) is 8.17 Å². The molecule has 7 aromatic carbocycles. The number of hydrogen-bond donors (Lipinski definition) is 0. The first kappa shape index (κ1) is 41.8. The molecule has 1 heterocycles. The highest BCUT2D eigenvalue weighted by Gasteiger charge is 2.27. The van der Waals surface area contributed by atoms with Crippen LogP contribution in [0.3, 0.4) is 0 Å². The molecule has 0 bridgehead atoms. The number of anilines is 3. The number of aryl methyl sites for hydroxylation is 1. The highest BCUT2D eigenvalue weighted by atomic mass is 15.1. The Labute approximate surface area is 369 Å². The van der Waals surface area contributed by atoms with Crippen molar-refractivity contribution in [3.05, 3.63) is 223 Å². The molecule has 8 aromatic rings. The highest BCUT2D eigenvalue weighted by molar-refractivity contribution is 6.15. The summed E-state index contributed by atoms with van der Waals surface area (Å²) in [4.78, 5) is 2.40. The lowest BCUT2D eigenvalue weighted by molar-refractivity contribution is 0.551. The molecule has 308 valence electrons. The van der Waals surface area contributed by atoms with E-state index in [9.17, 15) is 0 Å². The van der Waals surface area contributed by atoms with Crippen LogP contribution in [0.2, 0.25) is 0 Å². The lowest BCUT2D eigenvalue weighted by atomic mass is 9.73. The second kappa shape index (κ2) is 18.4. The van der Waals surface area contributed by atoms with Crippen LogP contribution < -0.4 is 4.90 Å². The zero-order valence-electron chi connectivity index (χ0n) is 37.4. The van der Waals surface area contributed by atoms with Crippen molar-refractivity contribution in [1.29, 1.82) is 0 Å². The molecule has 0 saturated heterocycles. The number of rotatable bonds is 13. The molecule has 0 fully saturated rings. The lowest BCUT2D eigenvalue weighted by Crippen LogP contribution is -2.19. The van der Waals surface area contributed by atoms with E-state index in [1.165, 1.54) is 77.5 Å². The van der Waals surface area contributed by atoms with Gasteiger partial charge in [-0.1, -0.05) is 184 Å². The van der Waals surface area contributed by atoms with Crippen LogP contribution in [0.4, 0.5) is 17.1 Å². The molecule has 62 heavy (non-hydrogen) atoms. The molecule has 2 heteroatoms. The van der Waals surface area contributed by atoms with Gasteiger partial charge in [-0.25, -0.2) is 0 Å². The van der Waals surface area contributed by atoms with Gasteiger partial charge in [0, 0.05) is 45.3 Å². The Morgan fingerprint density at radius 3 is 1.87 bits per heavy atom. The standard InChI is InChI=1S/C60H58N2/c1-8-20-50(21-9-2)60(6,7)55(43(4)10-3)40-41-61-57-30-17-15-27-54(57)59-53(28-19-31-58(59)61)49-25-18-26-52(42-49)62(56-29-16-14-22-44(56)5)51-38-36-48(37-39-51)47-34-32-46(33-35-47)45-23-12-11-13-24-45/h8,10-40,42H,9,41H2,1-7H3/b20-8-,43-10-,50-21+,55-40+. The van der Waals surface area contributed by atoms with Crippen molar-refractivity contribution in [2.75, 3.05) is 4.90 Å². The van der Waals surface area contributed by atoms with Crippen molar-refractivity contribution in [2.45, 2.75) is 61.4 Å². The third kappa shape index (κ3) is 8.26. The molecule has 0 radical (unpaired) electrons. The summed E-state index contributed by atoms with van der Waals surface area (Å²) in [5.74, 6) is 0. The molecule has 0 unspecified atom stereocenters. The maximum absolute atomic E-state index is 2.51. The maximum Gasteiger partial charge on any atom is 0.0500 e. The van der Waals surface area contributed by atoms with Gasteiger partial charge in [0.1, 0.15) is 0 Å². The average Bonchev–Trinajstić information content (AvgIpc) is 3.63. The minimum Gasteiger partial charge on any atom is -0.337 e. The van der Waals surface area contributed by atoms with Gasteiger partial charge >= 0.3 is 0 Å². The third-order valence-electron chi connectivity index (χ3n) is 12.5. The summed E-state index contributed by atoms with van der Waals surface area (Å²) >= 11 is 0. The van der Waals surface area contributed by atoms with Gasteiger partial charge < -0.3 is 9.47 Å². The van der Waals surface area contributed by atoms with Crippen LogP contribution >= 0.6 is 0 Å². The molecule has 0 amide bonds. The average molecular weight is 807 g/mol. The largest absolute Gasteiger partial charge is 0.337 e. The van der Waals surface area contributed by atoms with Crippen LogP contribution in [0.15, 0.2) is 217 Å². The van der Waals surface area contributed by atoms with Crippen molar-refractivity contribution >= 4 is 38.9 Å². The van der Waals surface area contributed by atoms with Crippen LogP contribution in [0.1, 0.15) is 53.5 Å². The second-order valence-electron chi connectivity index (χ2n) is 16.8. The van der Waals surface area contributed by atoms with Crippen molar-refractivity contribution < 1.29 is 0 Å². The first-order valence-electron chi connectivity index (χ1n) is 22.1. The smallest absolute Gasteiger partial charge is 0.0500 e. The molecule has 8 rings (SSSR count). The van der Waals surface area contributed by atoms with Crippen LogP contribution in [-0.4, -0.2) is 4.57 Å². The van der Waals surface area contributed by atoms with Gasteiger partial charge in [0.25, 0.3) is 0 Å². The zero-order chi connectivity index (χ0) is 43.2. The van der Waals surface area contributed by atoms with Gasteiger partial charge in [-0.05, 0) is 127 Å². The number of para-hydroxylation sites is 2. The predicted molar refractivity (Wildman–Crippen MR) is 270 cm³/mol. The summed E-state index contributed by atoms with van der Waals surface area (Å²) < 4.78 is 2.51. The lowest BCUT2D eigenvalue weighted by Gasteiger charge is -2.31. The second-order valence-corrected chi connectivity index (χ2v) is 16.8. The molecule has 0 atom stereocenters. The number of fused-ring (bicyclic) bond motifs is 3. The Hall–Kier alpha value is -6.90. The van der Waals surface area contributed by atoms with Crippen LogP contribution in [-0.2, 0) is 6.54 Å². The van der Waals surface area contributed by atoms with E-state index in [4.69, 9.17) is 0 Å². The molecular formula is C60H58N2. The predicted octanol–water partition coefficient (Wildman–Crippen LogP) is 17.4. The minimum atomic E-state index is -0.152. The Morgan fingerprint density at radius 2 is 1.19 bits per heavy atom. The molecule has 2 nitrogen and oxygen atoms in total.